The lowest BCUT2D eigenvalue weighted by atomic mass is 10.0. The third-order valence-electron chi connectivity index (χ3n) is 7.90. The Bertz CT molecular complexity index is 1120. The quantitative estimate of drug-likeness (QED) is 0.0631. The van der Waals surface area contributed by atoms with Crippen molar-refractivity contribution in [1.82, 2.24) is 9.55 Å². The monoisotopic (exact) mass is 665 g/mol. The highest BCUT2D eigenvalue weighted by Crippen LogP contribution is 2.49. The van der Waals surface area contributed by atoms with Gasteiger partial charge in [0.1, 0.15) is 12.2 Å². The molecule has 11 heteroatoms. The molecule has 0 amide bonds. The van der Waals surface area contributed by atoms with Crippen LogP contribution >= 0.6 is 7.60 Å². The summed E-state index contributed by atoms with van der Waals surface area (Å²) >= 11 is 0. The summed E-state index contributed by atoms with van der Waals surface area (Å²) in [7, 11) is -3.71. The molecule has 10 nitrogen and oxygen atoms in total. The van der Waals surface area contributed by atoms with Crippen molar-refractivity contribution in [2.24, 2.45) is 0 Å². The van der Waals surface area contributed by atoms with Crippen molar-refractivity contribution in [2.75, 3.05) is 38.5 Å². The van der Waals surface area contributed by atoms with E-state index in [2.05, 4.69) is 11.9 Å². The Morgan fingerprint density at radius 2 is 1.39 bits per heavy atom. The summed E-state index contributed by atoms with van der Waals surface area (Å²) in [5, 5.41) is 9.81. The van der Waals surface area contributed by atoms with Gasteiger partial charge >= 0.3 is 13.3 Å². The molecule has 0 aliphatic heterocycles. The smallest absolute Gasteiger partial charge is 0.356 e. The zero-order valence-corrected chi connectivity index (χ0v) is 29.1. The number of aliphatic hydroxyl groups is 1. The molecular formula is C35H60N3O7P. The van der Waals surface area contributed by atoms with Crippen molar-refractivity contribution < 1.29 is 28.2 Å². The minimum atomic E-state index is -3.71. The number of hydrogen-bond donors (Lipinski definition) is 2. The second-order valence-corrected chi connectivity index (χ2v) is 14.0. The van der Waals surface area contributed by atoms with E-state index in [9.17, 15) is 14.5 Å². The van der Waals surface area contributed by atoms with Crippen molar-refractivity contribution in [3.05, 3.63) is 58.6 Å². The van der Waals surface area contributed by atoms with Gasteiger partial charge in [-0.3, -0.25) is 9.13 Å². The van der Waals surface area contributed by atoms with Gasteiger partial charge < -0.3 is 29.4 Å². The standard InChI is InChI=1S/C35H60N3O7P/c1-2-3-4-5-6-7-8-9-10-11-12-13-14-15-16-20-25-42-26-27-44-46(41,45-30-32-21-18-17-19-22-32)31-43-33(29-39)28-38-24-23-34(36)37-35(38)40/h17-19,21-24,33,39H,2-16,20,25-31H2,1H3,(H2,36,37,40)/t33-,46?/m0/s1. The Hall–Kier alpha value is -2.07. The summed E-state index contributed by atoms with van der Waals surface area (Å²) in [6, 6.07) is 10.8. The van der Waals surface area contributed by atoms with Crippen LogP contribution in [-0.2, 0) is 36.2 Å². The van der Waals surface area contributed by atoms with Crippen LogP contribution in [-0.4, -0.2) is 53.5 Å². The van der Waals surface area contributed by atoms with Gasteiger partial charge in [0.15, 0.2) is 0 Å². The van der Waals surface area contributed by atoms with Crippen molar-refractivity contribution in [3.8, 4) is 0 Å². The normalized spacial score (nSPS) is 13.5. The second kappa shape index (κ2) is 26.0. The predicted molar refractivity (Wildman–Crippen MR) is 185 cm³/mol. The highest BCUT2D eigenvalue weighted by Gasteiger charge is 2.27. The maximum absolute atomic E-state index is 13.6. The molecule has 46 heavy (non-hydrogen) atoms. The maximum atomic E-state index is 13.6. The number of nitrogens with two attached hydrogens (primary N) is 1. The highest BCUT2D eigenvalue weighted by molar-refractivity contribution is 7.53. The SMILES string of the molecule is CCCCCCCCCCCCCCCCCCOCCOP(=O)(CO[C@H](CO)Cn1ccc(N)nc1=O)OCc1ccccc1. The van der Waals surface area contributed by atoms with Gasteiger partial charge in [0, 0.05) is 12.8 Å². The molecule has 0 bridgehead atoms. The summed E-state index contributed by atoms with van der Waals surface area (Å²) in [5.74, 6) is 0.104. The van der Waals surface area contributed by atoms with Crippen molar-refractivity contribution in [2.45, 2.75) is 129 Å². The van der Waals surface area contributed by atoms with Crippen molar-refractivity contribution in [1.29, 1.82) is 0 Å². The van der Waals surface area contributed by atoms with E-state index in [-0.39, 0.29) is 38.5 Å². The average molecular weight is 666 g/mol. The molecule has 0 spiro atoms. The lowest BCUT2D eigenvalue weighted by Gasteiger charge is -2.22. The number of rotatable bonds is 30. The van der Waals surface area contributed by atoms with Crippen LogP contribution in [0.4, 0.5) is 5.82 Å². The van der Waals surface area contributed by atoms with Crippen LogP contribution in [0.2, 0.25) is 0 Å². The number of nitrogens with zero attached hydrogens (tertiary/aromatic N) is 2. The molecule has 1 unspecified atom stereocenters. The molecule has 0 saturated heterocycles. The number of benzene rings is 1. The van der Waals surface area contributed by atoms with Crippen molar-refractivity contribution in [3.63, 3.8) is 0 Å². The average Bonchev–Trinajstić information content (AvgIpc) is 3.06. The lowest BCUT2D eigenvalue weighted by molar-refractivity contribution is 0.0112. The Kier molecular flexibility index (Phi) is 22.6. The summed E-state index contributed by atoms with van der Waals surface area (Å²) in [6.45, 7) is 2.94. The van der Waals surface area contributed by atoms with E-state index in [1.54, 1.807) is 0 Å². The second-order valence-electron chi connectivity index (χ2n) is 12.0. The molecular weight excluding hydrogens is 605 g/mol. The number of aromatic nitrogens is 2. The van der Waals surface area contributed by atoms with Gasteiger partial charge in [0.05, 0.1) is 39.1 Å². The minimum Gasteiger partial charge on any atom is -0.394 e. The molecule has 0 aliphatic rings. The number of aliphatic hydroxyl groups excluding tert-OH is 1. The van der Waals surface area contributed by atoms with E-state index >= 15 is 0 Å². The molecule has 262 valence electrons. The molecule has 1 heterocycles. The van der Waals surface area contributed by atoms with E-state index in [0.29, 0.717) is 6.61 Å². The first-order chi connectivity index (χ1) is 22.5. The van der Waals surface area contributed by atoms with Crippen LogP contribution in [0.1, 0.15) is 115 Å². The van der Waals surface area contributed by atoms with Crippen LogP contribution in [0.25, 0.3) is 0 Å². The molecule has 1 aromatic heterocycles. The number of ether oxygens (including phenoxy) is 2. The number of nitrogen functional groups attached to an aromatic ring is 1. The van der Waals surface area contributed by atoms with Crippen molar-refractivity contribution >= 4 is 13.4 Å². The van der Waals surface area contributed by atoms with Gasteiger partial charge in [-0.25, -0.2) is 4.79 Å². The summed E-state index contributed by atoms with van der Waals surface area (Å²) in [6.07, 6.45) is 21.4. The Balaban J connectivity index is 1.58. The first-order valence-electron chi connectivity index (χ1n) is 17.5. The number of anilines is 1. The minimum absolute atomic E-state index is 0.00369. The fourth-order valence-corrected chi connectivity index (χ4v) is 6.42. The maximum Gasteiger partial charge on any atom is 0.356 e. The van der Waals surface area contributed by atoms with Gasteiger partial charge in [-0.15, -0.1) is 0 Å². The van der Waals surface area contributed by atoms with Gasteiger partial charge in [-0.1, -0.05) is 134 Å². The zero-order chi connectivity index (χ0) is 33.1. The highest BCUT2D eigenvalue weighted by atomic mass is 31.2. The van der Waals surface area contributed by atoms with E-state index in [0.717, 1.165) is 18.4 Å². The molecule has 2 rings (SSSR count). The fourth-order valence-electron chi connectivity index (χ4n) is 5.11. The van der Waals surface area contributed by atoms with Crippen LogP contribution < -0.4 is 11.4 Å². The molecule has 0 radical (unpaired) electrons. The van der Waals surface area contributed by atoms with Crippen LogP contribution in [0, 0.1) is 0 Å². The van der Waals surface area contributed by atoms with Crippen LogP contribution in [0.5, 0.6) is 0 Å². The van der Waals surface area contributed by atoms with Crippen LogP contribution in [0.15, 0.2) is 47.4 Å². The zero-order valence-electron chi connectivity index (χ0n) is 28.2. The van der Waals surface area contributed by atoms with Gasteiger partial charge in [-0.05, 0) is 18.1 Å². The molecule has 2 aromatic rings. The Morgan fingerprint density at radius 3 is 1.96 bits per heavy atom. The lowest BCUT2D eigenvalue weighted by Crippen LogP contribution is -2.32. The van der Waals surface area contributed by atoms with E-state index in [4.69, 9.17) is 24.3 Å². The van der Waals surface area contributed by atoms with E-state index in [1.807, 2.05) is 30.3 Å². The predicted octanol–water partition coefficient (Wildman–Crippen LogP) is 7.87. The van der Waals surface area contributed by atoms with Gasteiger partial charge in [-0.2, -0.15) is 4.98 Å². The summed E-state index contributed by atoms with van der Waals surface area (Å²) in [5.41, 5.74) is 5.82. The van der Waals surface area contributed by atoms with E-state index < -0.39 is 26.0 Å². The molecule has 1 aromatic carbocycles. The van der Waals surface area contributed by atoms with Crippen LogP contribution in [0.3, 0.4) is 0 Å². The molecule has 0 aliphatic carbocycles. The Labute approximate surface area is 276 Å². The third-order valence-corrected chi connectivity index (χ3v) is 9.46. The molecule has 2 atom stereocenters. The first-order valence-corrected chi connectivity index (χ1v) is 19.2. The Morgan fingerprint density at radius 1 is 0.804 bits per heavy atom. The first kappa shape index (κ1) is 40.1. The fraction of sp³-hybridized carbons (Fsp3) is 0.714. The summed E-state index contributed by atoms with van der Waals surface area (Å²) < 4.78 is 37.6. The topological polar surface area (TPSA) is 135 Å². The largest absolute Gasteiger partial charge is 0.394 e. The molecule has 0 saturated carbocycles. The number of hydrogen-bond acceptors (Lipinski definition) is 9. The van der Waals surface area contributed by atoms with E-state index in [1.165, 1.54) is 107 Å². The number of unbranched alkanes of at least 4 members (excludes halogenated alkanes) is 15. The molecule has 3 N–H and O–H groups in total. The third kappa shape index (κ3) is 19.6. The van der Waals surface area contributed by atoms with Gasteiger partial charge in [0.2, 0.25) is 0 Å². The van der Waals surface area contributed by atoms with Gasteiger partial charge in [0.25, 0.3) is 0 Å². The summed E-state index contributed by atoms with van der Waals surface area (Å²) in [4.78, 5) is 15.7. The molecule has 0 fully saturated rings.